The minimum Gasteiger partial charge on any atom is -0.336 e. The maximum Gasteiger partial charge on any atom is 0.252 e. The second-order valence-corrected chi connectivity index (χ2v) is 9.58. The second-order valence-electron chi connectivity index (χ2n) is 4.83. The summed E-state index contributed by atoms with van der Waals surface area (Å²) in [5.74, 6) is -0.305. The molecule has 3 rings (SSSR count). The topological polar surface area (TPSA) is 42.0 Å². The molecule has 0 bridgehead atoms. The van der Waals surface area contributed by atoms with Gasteiger partial charge in [-0.2, -0.15) is 0 Å². The number of para-hydroxylation sites is 1. The molecule has 1 amide bonds. The minimum absolute atomic E-state index is 0.305. The van der Waals surface area contributed by atoms with E-state index in [0.29, 0.717) is 5.56 Å². The van der Waals surface area contributed by atoms with Crippen molar-refractivity contribution >= 4 is 74.0 Å². The van der Waals surface area contributed by atoms with Crippen molar-refractivity contribution in [3.8, 4) is 0 Å². The van der Waals surface area contributed by atoms with Gasteiger partial charge in [-0.05, 0) is 24.3 Å². The van der Waals surface area contributed by atoms with Crippen LogP contribution in [0.25, 0.3) is 10.2 Å². The lowest BCUT2D eigenvalue weighted by molar-refractivity contribution is 0.0950. The molecule has 8 heteroatoms. The van der Waals surface area contributed by atoms with Crippen molar-refractivity contribution in [1.29, 1.82) is 0 Å². The summed E-state index contributed by atoms with van der Waals surface area (Å²) < 4.78 is 0.0887. The minimum atomic E-state index is -1.67. The number of nitrogens with one attached hydrogen (secondary N) is 1. The summed E-state index contributed by atoms with van der Waals surface area (Å²) in [7, 11) is 0. The molecular formula is C16H11Cl3N2OS2. The summed E-state index contributed by atoms with van der Waals surface area (Å²) in [4.78, 5) is 16.8. The van der Waals surface area contributed by atoms with Crippen LogP contribution in [0.1, 0.15) is 10.4 Å². The molecule has 24 heavy (non-hydrogen) atoms. The summed E-state index contributed by atoms with van der Waals surface area (Å²) in [6.07, 6.45) is 0. The van der Waals surface area contributed by atoms with E-state index in [4.69, 9.17) is 34.8 Å². The van der Waals surface area contributed by atoms with Crippen LogP contribution in [0.4, 0.5) is 0 Å². The summed E-state index contributed by atoms with van der Waals surface area (Å²) in [5, 5.41) is 1.99. The van der Waals surface area contributed by atoms with Crippen molar-refractivity contribution in [2.45, 2.75) is 13.5 Å². The number of rotatable bonds is 4. The number of aromatic nitrogens is 1. The van der Waals surface area contributed by atoms with E-state index in [1.807, 2.05) is 30.3 Å². The molecule has 1 atom stereocenters. The molecule has 3 nitrogen and oxygen atoms in total. The molecule has 0 unspecified atom stereocenters. The summed E-state index contributed by atoms with van der Waals surface area (Å²) >= 11 is 20.9. The van der Waals surface area contributed by atoms with E-state index >= 15 is 0 Å². The van der Waals surface area contributed by atoms with Crippen molar-refractivity contribution < 1.29 is 4.79 Å². The molecule has 124 valence electrons. The fourth-order valence-corrected chi connectivity index (χ4v) is 4.64. The van der Waals surface area contributed by atoms with Gasteiger partial charge >= 0.3 is 0 Å². The second kappa shape index (κ2) is 7.50. The van der Waals surface area contributed by atoms with Crippen LogP contribution in [-0.2, 0) is 0 Å². The average molecular weight is 418 g/mol. The van der Waals surface area contributed by atoms with Gasteiger partial charge in [0.05, 0.1) is 10.2 Å². The zero-order valence-corrected chi connectivity index (χ0v) is 16.0. The molecule has 1 N–H and O–H groups in total. The SMILES string of the molecule is O=C(N[C@H](Sc1nc2ccccc2s1)C(Cl)(Cl)Cl)c1ccccc1. The van der Waals surface area contributed by atoms with Gasteiger partial charge in [0.15, 0.2) is 4.34 Å². The number of halogens is 3. The van der Waals surface area contributed by atoms with E-state index in [1.54, 1.807) is 24.3 Å². The van der Waals surface area contributed by atoms with Gasteiger partial charge in [0.25, 0.3) is 5.91 Å². The fourth-order valence-electron chi connectivity index (χ4n) is 1.97. The van der Waals surface area contributed by atoms with Crippen LogP contribution in [0.3, 0.4) is 0 Å². The Morgan fingerprint density at radius 2 is 1.75 bits per heavy atom. The average Bonchev–Trinajstić information content (AvgIpc) is 2.96. The quantitative estimate of drug-likeness (QED) is 0.345. The van der Waals surface area contributed by atoms with Crippen LogP contribution >= 0.6 is 57.9 Å². The lowest BCUT2D eigenvalue weighted by Crippen LogP contribution is -2.41. The predicted octanol–water partition coefficient (Wildman–Crippen LogP) is 5.51. The normalized spacial score (nSPS) is 13.0. The molecule has 2 aromatic carbocycles. The van der Waals surface area contributed by atoms with Gasteiger partial charge in [0, 0.05) is 5.56 Å². The monoisotopic (exact) mass is 416 g/mol. The fraction of sp³-hybridized carbons (Fsp3) is 0.125. The number of nitrogens with zero attached hydrogens (tertiary/aromatic N) is 1. The number of hydrogen-bond donors (Lipinski definition) is 1. The Balaban J connectivity index is 1.80. The molecule has 0 saturated carbocycles. The first-order valence-corrected chi connectivity index (χ1v) is 9.71. The number of thiazole rings is 1. The summed E-state index contributed by atoms with van der Waals surface area (Å²) in [6, 6.07) is 16.5. The van der Waals surface area contributed by atoms with Gasteiger partial charge in [-0.3, -0.25) is 4.79 Å². The van der Waals surface area contributed by atoms with E-state index in [1.165, 1.54) is 23.1 Å². The number of carbonyl (C=O) groups is 1. The third-order valence-electron chi connectivity index (χ3n) is 3.09. The lowest BCUT2D eigenvalue weighted by Gasteiger charge is -2.24. The van der Waals surface area contributed by atoms with Gasteiger partial charge in [0.2, 0.25) is 3.79 Å². The number of amides is 1. The molecule has 0 fully saturated rings. The van der Waals surface area contributed by atoms with E-state index in [-0.39, 0.29) is 5.91 Å². The largest absolute Gasteiger partial charge is 0.336 e. The highest BCUT2D eigenvalue weighted by molar-refractivity contribution is 8.02. The van der Waals surface area contributed by atoms with E-state index < -0.39 is 9.17 Å². The van der Waals surface area contributed by atoms with Crippen LogP contribution in [0.5, 0.6) is 0 Å². The maximum atomic E-state index is 12.3. The van der Waals surface area contributed by atoms with Crippen LogP contribution in [0.15, 0.2) is 58.9 Å². The van der Waals surface area contributed by atoms with Gasteiger partial charge < -0.3 is 5.32 Å². The Bertz CT molecular complexity index is 816. The summed E-state index contributed by atoms with van der Waals surface area (Å²) in [5.41, 5.74) is 1.38. The number of fused-ring (bicyclic) bond motifs is 1. The lowest BCUT2D eigenvalue weighted by atomic mass is 10.2. The Labute approximate surface area is 162 Å². The van der Waals surface area contributed by atoms with E-state index in [9.17, 15) is 4.79 Å². The highest BCUT2D eigenvalue weighted by atomic mass is 35.6. The van der Waals surface area contributed by atoms with Gasteiger partial charge in [0.1, 0.15) is 5.37 Å². The summed E-state index contributed by atoms with van der Waals surface area (Å²) in [6.45, 7) is 0. The zero-order valence-electron chi connectivity index (χ0n) is 12.1. The number of hydrogen-bond acceptors (Lipinski definition) is 4. The van der Waals surface area contributed by atoms with Crippen LogP contribution in [0, 0.1) is 0 Å². The maximum absolute atomic E-state index is 12.3. The van der Waals surface area contributed by atoms with Crippen LogP contribution in [-0.4, -0.2) is 20.1 Å². The smallest absolute Gasteiger partial charge is 0.252 e. The Morgan fingerprint density at radius 1 is 1.08 bits per heavy atom. The van der Waals surface area contributed by atoms with Crippen molar-refractivity contribution in [3.05, 3.63) is 60.2 Å². The van der Waals surface area contributed by atoms with Gasteiger partial charge in [-0.1, -0.05) is 76.9 Å². The number of thioether (sulfide) groups is 1. The first-order valence-electron chi connectivity index (χ1n) is 6.88. The van der Waals surface area contributed by atoms with Crippen molar-refractivity contribution in [2.75, 3.05) is 0 Å². The van der Waals surface area contributed by atoms with Crippen molar-refractivity contribution in [1.82, 2.24) is 10.3 Å². The number of carbonyl (C=O) groups excluding carboxylic acids is 1. The molecule has 1 aromatic heterocycles. The molecule has 0 spiro atoms. The molecule has 3 aromatic rings. The van der Waals surface area contributed by atoms with Gasteiger partial charge in [-0.15, -0.1) is 11.3 Å². The highest BCUT2D eigenvalue weighted by Gasteiger charge is 2.36. The first-order chi connectivity index (χ1) is 11.4. The Morgan fingerprint density at radius 3 is 2.42 bits per heavy atom. The Kier molecular flexibility index (Phi) is 5.57. The molecule has 0 aliphatic carbocycles. The van der Waals surface area contributed by atoms with Crippen molar-refractivity contribution in [3.63, 3.8) is 0 Å². The number of benzene rings is 2. The Hall–Kier alpha value is -0.980. The van der Waals surface area contributed by atoms with E-state index in [0.717, 1.165) is 14.6 Å². The van der Waals surface area contributed by atoms with E-state index in [2.05, 4.69) is 10.3 Å². The molecular weight excluding hydrogens is 407 g/mol. The molecule has 0 saturated heterocycles. The van der Waals surface area contributed by atoms with Crippen molar-refractivity contribution in [2.24, 2.45) is 0 Å². The standard InChI is InChI=1S/C16H11Cl3N2OS2/c17-16(18,19)14(21-13(22)10-6-2-1-3-7-10)24-15-20-11-8-4-5-9-12(11)23-15/h1-9,14H,(H,21,22)/t14-/m1/s1. The first kappa shape index (κ1) is 17.8. The molecule has 0 aliphatic heterocycles. The third-order valence-corrected chi connectivity index (χ3v) is 6.50. The molecule has 0 aliphatic rings. The van der Waals surface area contributed by atoms with Gasteiger partial charge in [-0.25, -0.2) is 4.98 Å². The third kappa shape index (κ3) is 4.35. The highest BCUT2D eigenvalue weighted by Crippen LogP contribution is 2.41. The predicted molar refractivity (Wildman–Crippen MR) is 103 cm³/mol. The number of alkyl halides is 3. The zero-order chi connectivity index (χ0) is 17.2. The van der Waals surface area contributed by atoms with Crippen LogP contribution < -0.4 is 5.32 Å². The molecule has 0 radical (unpaired) electrons. The molecule has 1 heterocycles. The van der Waals surface area contributed by atoms with Crippen LogP contribution in [0.2, 0.25) is 0 Å².